The van der Waals surface area contributed by atoms with Crippen LogP contribution in [-0.4, -0.2) is 24.1 Å². The number of carbonyl (C=O) groups is 2. The number of rotatable bonds is 4. The maximum Gasteiger partial charge on any atom is 0.308 e. The van der Waals surface area contributed by atoms with Gasteiger partial charge in [-0.2, -0.15) is 0 Å². The van der Waals surface area contributed by atoms with Crippen LogP contribution in [0, 0.1) is 17.3 Å². The molecule has 1 saturated carbocycles. The van der Waals surface area contributed by atoms with Gasteiger partial charge in [0.1, 0.15) is 0 Å². The maximum atomic E-state index is 12.7. The fourth-order valence-electron chi connectivity index (χ4n) is 4.53. The average molecular weight is 373 g/mol. The summed E-state index contributed by atoms with van der Waals surface area (Å²) in [4.78, 5) is 25.9. The summed E-state index contributed by atoms with van der Waals surface area (Å²) in [6.45, 7) is 6.25. The Balaban J connectivity index is 1.87. The number of ether oxygens (including phenoxy) is 1. The van der Waals surface area contributed by atoms with Crippen LogP contribution in [0.1, 0.15) is 46.5 Å². The Morgan fingerprint density at radius 1 is 1.27 bits per heavy atom. The second-order valence-corrected chi connectivity index (χ2v) is 9.16. The van der Waals surface area contributed by atoms with E-state index in [0.29, 0.717) is 6.42 Å². The molecule has 2 aliphatic rings. The smallest absolute Gasteiger partial charge is 0.308 e. The van der Waals surface area contributed by atoms with Crippen LogP contribution in [0.25, 0.3) is 0 Å². The molecule has 0 radical (unpaired) electrons. The Morgan fingerprint density at radius 3 is 2.62 bits per heavy atom. The Hall–Kier alpha value is -1.55. The number of ketones is 1. The van der Waals surface area contributed by atoms with E-state index in [0.717, 1.165) is 24.8 Å². The summed E-state index contributed by atoms with van der Waals surface area (Å²) >= 11 is 1.83. The summed E-state index contributed by atoms with van der Waals surface area (Å²) < 4.78 is 4.95. The third kappa shape index (κ3) is 3.48. The SMILES string of the molecule is COC(=O)C(C)[C@@H]1CC[C@]2(C)C(=C(C)C(=O)C[C@H]2Sc2ccccc2)C1. The predicted octanol–water partition coefficient (Wildman–Crippen LogP) is 5.05. The van der Waals surface area contributed by atoms with Crippen molar-refractivity contribution in [3.63, 3.8) is 0 Å². The summed E-state index contributed by atoms with van der Waals surface area (Å²) in [7, 11) is 1.45. The van der Waals surface area contributed by atoms with Crippen LogP contribution in [0.3, 0.4) is 0 Å². The van der Waals surface area contributed by atoms with Crippen LogP contribution in [0.2, 0.25) is 0 Å². The van der Waals surface area contributed by atoms with Gasteiger partial charge in [-0.25, -0.2) is 0 Å². The van der Waals surface area contributed by atoms with Crippen LogP contribution in [0.15, 0.2) is 46.4 Å². The number of allylic oxidation sites excluding steroid dienone is 2. The zero-order chi connectivity index (χ0) is 18.9. The van der Waals surface area contributed by atoms with Crippen LogP contribution >= 0.6 is 11.8 Å². The van der Waals surface area contributed by atoms with Gasteiger partial charge in [-0.1, -0.05) is 37.6 Å². The normalized spacial score (nSPS) is 29.9. The molecule has 0 heterocycles. The summed E-state index contributed by atoms with van der Waals surface area (Å²) in [6, 6.07) is 10.4. The second-order valence-electron chi connectivity index (χ2n) is 7.88. The molecule has 3 nitrogen and oxygen atoms in total. The van der Waals surface area contributed by atoms with Crippen LogP contribution in [-0.2, 0) is 14.3 Å². The first-order chi connectivity index (χ1) is 12.4. The van der Waals surface area contributed by atoms with Crippen molar-refractivity contribution in [1.29, 1.82) is 0 Å². The average Bonchev–Trinajstić information content (AvgIpc) is 2.66. The Morgan fingerprint density at radius 2 is 1.96 bits per heavy atom. The lowest BCUT2D eigenvalue weighted by Gasteiger charge is -2.49. The van der Waals surface area contributed by atoms with Gasteiger partial charge in [0.15, 0.2) is 5.78 Å². The number of hydrogen-bond acceptors (Lipinski definition) is 4. The van der Waals surface area contributed by atoms with E-state index in [9.17, 15) is 9.59 Å². The molecule has 4 heteroatoms. The molecule has 26 heavy (non-hydrogen) atoms. The van der Waals surface area contributed by atoms with E-state index in [1.165, 1.54) is 17.6 Å². The molecule has 1 aromatic carbocycles. The number of Topliss-reactive ketones (excluding diaryl/α,β-unsaturated/α-hetero) is 1. The lowest BCUT2D eigenvalue weighted by Crippen LogP contribution is -2.44. The van der Waals surface area contributed by atoms with Gasteiger partial charge in [-0.15, -0.1) is 11.8 Å². The molecule has 1 unspecified atom stereocenters. The molecule has 2 aliphatic carbocycles. The number of hydrogen-bond donors (Lipinski definition) is 0. The third-order valence-electron chi connectivity index (χ3n) is 6.44. The minimum absolute atomic E-state index is 0.0187. The predicted molar refractivity (Wildman–Crippen MR) is 105 cm³/mol. The molecule has 0 spiro atoms. The standard InChI is InChI=1S/C22H28O3S/c1-14(21(24)25-4)16-10-11-22(3)18(12-16)15(2)19(23)13-20(22)26-17-8-6-5-7-9-17/h5-9,14,16,20H,10-13H2,1-4H3/t14?,16-,20-,22-/m1/s1. The molecule has 0 aromatic heterocycles. The van der Waals surface area contributed by atoms with E-state index in [4.69, 9.17) is 4.74 Å². The van der Waals surface area contributed by atoms with Crippen molar-refractivity contribution in [3.05, 3.63) is 41.5 Å². The highest BCUT2D eigenvalue weighted by atomic mass is 32.2. The molecular weight excluding hydrogens is 344 g/mol. The third-order valence-corrected chi connectivity index (χ3v) is 7.96. The molecule has 1 fully saturated rings. The van der Waals surface area contributed by atoms with E-state index in [-0.39, 0.29) is 34.3 Å². The van der Waals surface area contributed by atoms with Crippen LogP contribution in [0.4, 0.5) is 0 Å². The largest absolute Gasteiger partial charge is 0.469 e. The van der Waals surface area contributed by atoms with Crippen molar-refractivity contribution >= 4 is 23.5 Å². The highest BCUT2D eigenvalue weighted by Crippen LogP contribution is 2.56. The van der Waals surface area contributed by atoms with E-state index < -0.39 is 0 Å². The minimum Gasteiger partial charge on any atom is -0.469 e. The molecule has 140 valence electrons. The van der Waals surface area contributed by atoms with Crippen LogP contribution in [0.5, 0.6) is 0 Å². The highest BCUT2D eigenvalue weighted by Gasteiger charge is 2.48. The summed E-state index contributed by atoms with van der Waals surface area (Å²) in [5.74, 6) is 0.252. The molecule has 0 saturated heterocycles. The van der Waals surface area contributed by atoms with Crippen molar-refractivity contribution in [2.75, 3.05) is 7.11 Å². The van der Waals surface area contributed by atoms with E-state index in [2.05, 4.69) is 19.1 Å². The lowest BCUT2D eigenvalue weighted by atomic mass is 9.59. The quantitative estimate of drug-likeness (QED) is 0.694. The first-order valence-electron chi connectivity index (χ1n) is 9.39. The Kier molecular flexibility index (Phi) is 5.61. The van der Waals surface area contributed by atoms with Gasteiger partial charge in [-0.3, -0.25) is 9.59 Å². The first-order valence-corrected chi connectivity index (χ1v) is 10.3. The zero-order valence-corrected chi connectivity index (χ0v) is 16.9. The van der Waals surface area contributed by atoms with Crippen molar-refractivity contribution in [3.8, 4) is 0 Å². The first kappa shape index (κ1) is 19.2. The van der Waals surface area contributed by atoms with E-state index in [1.54, 1.807) is 0 Å². The molecule has 0 amide bonds. The molecule has 4 atom stereocenters. The molecule has 0 bridgehead atoms. The van der Waals surface area contributed by atoms with Crippen molar-refractivity contribution in [2.45, 2.75) is 56.6 Å². The van der Waals surface area contributed by atoms with Crippen molar-refractivity contribution in [2.24, 2.45) is 17.3 Å². The molecule has 0 N–H and O–H groups in total. The van der Waals surface area contributed by atoms with Crippen molar-refractivity contribution < 1.29 is 14.3 Å². The Bertz CT molecular complexity index is 724. The summed E-state index contributed by atoms with van der Waals surface area (Å²) in [6.07, 6.45) is 3.45. The number of thioether (sulfide) groups is 1. The highest BCUT2D eigenvalue weighted by molar-refractivity contribution is 8.00. The minimum atomic E-state index is -0.144. The monoisotopic (exact) mass is 372 g/mol. The number of esters is 1. The van der Waals surface area contributed by atoms with Gasteiger partial charge < -0.3 is 4.74 Å². The summed E-state index contributed by atoms with van der Waals surface area (Å²) in [5, 5.41) is 0.255. The molecular formula is C22H28O3S. The van der Waals surface area contributed by atoms with Gasteiger partial charge in [-0.05, 0) is 49.8 Å². The van der Waals surface area contributed by atoms with Gasteiger partial charge in [0, 0.05) is 22.0 Å². The van der Waals surface area contributed by atoms with E-state index in [1.807, 2.05) is 43.8 Å². The Labute approximate surface area is 160 Å². The second kappa shape index (κ2) is 7.59. The molecule has 1 aromatic rings. The fourth-order valence-corrected chi connectivity index (χ4v) is 5.92. The number of fused-ring (bicyclic) bond motifs is 1. The van der Waals surface area contributed by atoms with E-state index >= 15 is 0 Å². The van der Waals surface area contributed by atoms with Gasteiger partial charge in [0.05, 0.1) is 13.0 Å². The number of carbonyl (C=O) groups excluding carboxylic acids is 2. The summed E-state index contributed by atoms with van der Waals surface area (Å²) in [5.41, 5.74) is 2.22. The fraction of sp³-hybridized carbons (Fsp3) is 0.545. The number of methoxy groups -OCH3 is 1. The van der Waals surface area contributed by atoms with Gasteiger partial charge in [0.25, 0.3) is 0 Å². The lowest BCUT2D eigenvalue weighted by molar-refractivity contribution is -0.147. The topological polar surface area (TPSA) is 43.4 Å². The van der Waals surface area contributed by atoms with Crippen molar-refractivity contribution in [1.82, 2.24) is 0 Å². The van der Waals surface area contributed by atoms with Gasteiger partial charge >= 0.3 is 5.97 Å². The maximum absolute atomic E-state index is 12.7. The van der Waals surface area contributed by atoms with Crippen LogP contribution < -0.4 is 0 Å². The van der Waals surface area contributed by atoms with Gasteiger partial charge in [0.2, 0.25) is 0 Å². The molecule has 0 aliphatic heterocycles. The zero-order valence-electron chi connectivity index (χ0n) is 16.1. The molecule has 3 rings (SSSR count). The number of benzene rings is 1.